The van der Waals surface area contributed by atoms with Crippen LogP contribution in [-0.2, 0) is 6.42 Å². The van der Waals surface area contributed by atoms with Gasteiger partial charge in [-0.25, -0.2) is 4.98 Å². The zero-order valence-electron chi connectivity index (χ0n) is 13.5. The molecule has 0 fully saturated rings. The molecule has 124 valence electrons. The van der Waals surface area contributed by atoms with Crippen LogP contribution in [-0.4, -0.2) is 9.97 Å². The molecule has 2 heterocycles. The van der Waals surface area contributed by atoms with Gasteiger partial charge in [-0.3, -0.25) is 4.79 Å². The van der Waals surface area contributed by atoms with Gasteiger partial charge in [-0.15, -0.1) is 11.3 Å². The molecule has 0 aliphatic rings. The first kappa shape index (κ1) is 16.1. The minimum atomic E-state index is -0.0860. The number of aromatic amines is 1. The maximum Gasteiger partial charge on any atom is 0.260 e. The van der Waals surface area contributed by atoms with Crippen LogP contribution in [0.15, 0.2) is 59.4 Å². The van der Waals surface area contributed by atoms with E-state index in [4.69, 9.17) is 16.6 Å². The van der Waals surface area contributed by atoms with E-state index in [2.05, 4.69) is 4.98 Å². The van der Waals surface area contributed by atoms with E-state index in [-0.39, 0.29) is 5.56 Å². The summed E-state index contributed by atoms with van der Waals surface area (Å²) in [7, 11) is 0. The first-order valence-corrected chi connectivity index (χ1v) is 9.13. The number of benzene rings is 2. The molecule has 0 amide bonds. The summed E-state index contributed by atoms with van der Waals surface area (Å²) in [5, 5.41) is 1.37. The van der Waals surface area contributed by atoms with Gasteiger partial charge in [-0.05, 0) is 30.2 Å². The van der Waals surface area contributed by atoms with Gasteiger partial charge in [-0.2, -0.15) is 0 Å². The van der Waals surface area contributed by atoms with Crippen molar-refractivity contribution in [3.63, 3.8) is 0 Å². The lowest BCUT2D eigenvalue weighted by atomic mass is 10.0. The Morgan fingerprint density at radius 3 is 2.52 bits per heavy atom. The maximum atomic E-state index is 12.7. The smallest absolute Gasteiger partial charge is 0.260 e. The molecule has 25 heavy (non-hydrogen) atoms. The molecule has 0 aliphatic carbocycles. The molecule has 0 bridgehead atoms. The van der Waals surface area contributed by atoms with Gasteiger partial charge >= 0.3 is 0 Å². The third-order valence-corrected chi connectivity index (χ3v) is 5.39. The van der Waals surface area contributed by atoms with Crippen molar-refractivity contribution in [2.45, 2.75) is 13.3 Å². The second kappa shape index (κ2) is 6.47. The third kappa shape index (κ3) is 3.11. The summed E-state index contributed by atoms with van der Waals surface area (Å²) in [4.78, 5) is 22.3. The summed E-state index contributed by atoms with van der Waals surface area (Å²) in [5.41, 5.74) is 3.00. The molecule has 4 rings (SSSR count). The Morgan fingerprint density at radius 2 is 1.80 bits per heavy atom. The summed E-state index contributed by atoms with van der Waals surface area (Å²) in [5.74, 6) is 0.667. The molecule has 0 saturated carbocycles. The van der Waals surface area contributed by atoms with Crippen LogP contribution in [0, 0.1) is 6.92 Å². The Morgan fingerprint density at radius 1 is 1.08 bits per heavy atom. The van der Waals surface area contributed by atoms with E-state index in [1.165, 1.54) is 0 Å². The van der Waals surface area contributed by atoms with E-state index < -0.39 is 0 Å². The largest absolute Gasteiger partial charge is 0.310 e. The van der Waals surface area contributed by atoms with Gasteiger partial charge < -0.3 is 4.98 Å². The topological polar surface area (TPSA) is 45.8 Å². The van der Waals surface area contributed by atoms with Crippen LogP contribution in [0.3, 0.4) is 0 Å². The maximum absolute atomic E-state index is 12.7. The van der Waals surface area contributed by atoms with Gasteiger partial charge in [0.15, 0.2) is 0 Å². The zero-order valence-corrected chi connectivity index (χ0v) is 15.1. The summed E-state index contributed by atoms with van der Waals surface area (Å²) >= 11 is 7.49. The van der Waals surface area contributed by atoms with Crippen LogP contribution in [0.25, 0.3) is 21.3 Å². The molecule has 4 aromatic rings. The Balaban J connectivity index is 1.81. The van der Waals surface area contributed by atoms with E-state index in [9.17, 15) is 4.79 Å². The molecule has 3 nitrogen and oxygen atoms in total. The lowest BCUT2D eigenvalue weighted by Crippen LogP contribution is -2.11. The highest BCUT2D eigenvalue weighted by Crippen LogP contribution is 2.35. The van der Waals surface area contributed by atoms with Crippen molar-refractivity contribution in [2.75, 3.05) is 0 Å². The number of fused-ring (bicyclic) bond motifs is 1. The molecule has 2 aromatic carbocycles. The number of halogens is 1. The fraction of sp³-hybridized carbons (Fsp3) is 0.100. The van der Waals surface area contributed by atoms with Gasteiger partial charge in [0.25, 0.3) is 5.56 Å². The van der Waals surface area contributed by atoms with Gasteiger partial charge in [-0.1, -0.05) is 54.1 Å². The van der Waals surface area contributed by atoms with Gasteiger partial charge in [0, 0.05) is 21.9 Å². The normalized spacial score (nSPS) is 11.1. The van der Waals surface area contributed by atoms with Crippen LogP contribution in [0.4, 0.5) is 0 Å². The van der Waals surface area contributed by atoms with E-state index in [1.807, 2.05) is 61.5 Å². The summed E-state index contributed by atoms with van der Waals surface area (Å²) in [6, 6.07) is 17.6. The molecule has 0 spiro atoms. The first-order chi connectivity index (χ1) is 12.1. The predicted molar refractivity (Wildman–Crippen MR) is 105 cm³/mol. The van der Waals surface area contributed by atoms with Crippen LogP contribution in [0.2, 0.25) is 5.02 Å². The Hall–Kier alpha value is -2.43. The standard InChI is InChI=1S/C20H15ClN2OS/c1-12-17(14-5-3-2-4-6-14)18-19(24)22-16(23-20(18)25-12)11-13-7-9-15(21)10-8-13/h2-10H,11H2,1H3,(H,22,23,24). The number of aryl methyl sites for hydroxylation is 1. The number of aromatic nitrogens is 2. The average molecular weight is 367 g/mol. The number of H-pyrrole nitrogens is 1. The molecular weight excluding hydrogens is 352 g/mol. The molecule has 0 aliphatic heterocycles. The van der Waals surface area contributed by atoms with Crippen molar-refractivity contribution < 1.29 is 0 Å². The van der Waals surface area contributed by atoms with E-state index in [1.54, 1.807) is 11.3 Å². The van der Waals surface area contributed by atoms with Gasteiger partial charge in [0.05, 0.1) is 5.39 Å². The molecule has 0 atom stereocenters. The summed E-state index contributed by atoms with van der Waals surface area (Å²) < 4.78 is 0. The predicted octanol–water partition coefficient (Wildman–Crippen LogP) is 5.20. The highest BCUT2D eigenvalue weighted by molar-refractivity contribution is 7.19. The molecule has 0 saturated heterocycles. The molecule has 1 N–H and O–H groups in total. The first-order valence-electron chi connectivity index (χ1n) is 7.94. The number of rotatable bonds is 3. The van der Waals surface area contributed by atoms with E-state index in [0.717, 1.165) is 26.4 Å². The third-order valence-electron chi connectivity index (χ3n) is 4.13. The van der Waals surface area contributed by atoms with Crippen molar-refractivity contribution in [3.05, 3.63) is 86.2 Å². The van der Waals surface area contributed by atoms with Crippen molar-refractivity contribution in [1.29, 1.82) is 0 Å². The summed E-state index contributed by atoms with van der Waals surface area (Å²) in [6.45, 7) is 2.03. The lowest BCUT2D eigenvalue weighted by Gasteiger charge is -2.03. The van der Waals surface area contributed by atoms with Crippen molar-refractivity contribution in [3.8, 4) is 11.1 Å². The molecule has 2 aromatic heterocycles. The van der Waals surface area contributed by atoms with E-state index in [0.29, 0.717) is 22.7 Å². The molecule has 5 heteroatoms. The van der Waals surface area contributed by atoms with Crippen LogP contribution in [0.1, 0.15) is 16.3 Å². The number of hydrogen-bond donors (Lipinski definition) is 1. The molecule has 0 unspecified atom stereocenters. The second-order valence-electron chi connectivity index (χ2n) is 5.90. The van der Waals surface area contributed by atoms with Crippen LogP contribution in [0.5, 0.6) is 0 Å². The fourth-order valence-corrected chi connectivity index (χ4v) is 4.19. The second-order valence-corrected chi connectivity index (χ2v) is 7.53. The Labute approximate surface area is 154 Å². The number of nitrogens with zero attached hydrogens (tertiary/aromatic N) is 1. The Kier molecular flexibility index (Phi) is 4.15. The number of hydrogen-bond acceptors (Lipinski definition) is 3. The van der Waals surface area contributed by atoms with Crippen LogP contribution >= 0.6 is 22.9 Å². The summed E-state index contributed by atoms with van der Waals surface area (Å²) in [6.07, 6.45) is 0.569. The van der Waals surface area contributed by atoms with Gasteiger partial charge in [0.1, 0.15) is 10.7 Å². The lowest BCUT2D eigenvalue weighted by molar-refractivity contribution is 0.977. The van der Waals surface area contributed by atoms with Crippen LogP contribution < -0.4 is 5.56 Å². The molecular formula is C20H15ClN2OS. The fourth-order valence-electron chi connectivity index (χ4n) is 3.00. The monoisotopic (exact) mass is 366 g/mol. The average Bonchev–Trinajstić information content (AvgIpc) is 2.94. The van der Waals surface area contributed by atoms with Crippen molar-refractivity contribution >= 4 is 33.2 Å². The van der Waals surface area contributed by atoms with Crippen molar-refractivity contribution in [1.82, 2.24) is 9.97 Å². The highest BCUT2D eigenvalue weighted by atomic mass is 35.5. The molecule has 0 radical (unpaired) electrons. The SMILES string of the molecule is Cc1sc2nc(Cc3ccc(Cl)cc3)[nH]c(=O)c2c1-c1ccccc1. The minimum absolute atomic E-state index is 0.0860. The zero-order chi connectivity index (χ0) is 17.4. The van der Waals surface area contributed by atoms with E-state index >= 15 is 0 Å². The van der Waals surface area contributed by atoms with Gasteiger partial charge in [0.2, 0.25) is 0 Å². The number of thiophene rings is 1. The number of nitrogens with one attached hydrogen (secondary N) is 1. The quantitative estimate of drug-likeness (QED) is 0.541. The highest BCUT2D eigenvalue weighted by Gasteiger charge is 2.16. The minimum Gasteiger partial charge on any atom is -0.310 e. The van der Waals surface area contributed by atoms with Crippen molar-refractivity contribution in [2.24, 2.45) is 0 Å². The Bertz CT molecular complexity index is 1100.